The number of thioether (sulfide) groups is 1. The molecule has 0 unspecified atom stereocenters. The molecule has 2 aromatic rings. The van der Waals surface area contributed by atoms with Crippen molar-refractivity contribution < 1.29 is 0 Å². The second kappa shape index (κ2) is 6.55. The summed E-state index contributed by atoms with van der Waals surface area (Å²) < 4.78 is 0. The molecule has 2 heteroatoms. The van der Waals surface area contributed by atoms with E-state index in [2.05, 4.69) is 54.0 Å². The van der Waals surface area contributed by atoms with Gasteiger partial charge in [0, 0.05) is 17.6 Å². The van der Waals surface area contributed by atoms with Crippen LogP contribution in [-0.4, -0.2) is 18.6 Å². The van der Waals surface area contributed by atoms with Crippen molar-refractivity contribution in [2.24, 2.45) is 0 Å². The van der Waals surface area contributed by atoms with Gasteiger partial charge in [0.15, 0.2) is 0 Å². The largest absolute Gasteiger partial charge is 0.385 e. The molecule has 2 aromatic carbocycles. The number of benzene rings is 2. The highest BCUT2D eigenvalue weighted by Crippen LogP contribution is 2.22. The zero-order valence-electron chi connectivity index (χ0n) is 10.3. The molecule has 0 aliphatic rings. The highest BCUT2D eigenvalue weighted by molar-refractivity contribution is 7.98. The Bertz CT molecular complexity index is 462. The minimum absolute atomic E-state index is 1.06. The topological polar surface area (TPSA) is 12.0 Å². The van der Waals surface area contributed by atoms with Crippen molar-refractivity contribution in [3.8, 4) is 0 Å². The van der Waals surface area contributed by atoms with Crippen LogP contribution in [0.15, 0.2) is 42.5 Å². The van der Waals surface area contributed by atoms with Crippen LogP contribution in [0.1, 0.15) is 12.8 Å². The molecule has 0 spiro atoms. The van der Waals surface area contributed by atoms with Crippen LogP contribution in [0.3, 0.4) is 0 Å². The molecule has 0 amide bonds. The Labute approximate surface area is 108 Å². The summed E-state index contributed by atoms with van der Waals surface area (Å²) in [5, 5.41) is 6.16. The molecule has 0 aliphatic carbocycles. The second-order valence-electron chi connectivity index (χ2n) is 4.15. The van der Waals surface area contributed by atoms with Gasteiger partial charge >= 0.3 is 0 Å². The lowest BCUT2D eigenvalue weighted by Gasteiger charge is -2.09. The van der Waals surface area contributed by atoms with Gasteiger partial charge in [-0.1, -0.05) is 36.4 Å². The lowest BCUT2D eigenvalue weighted by Crippen LogP contribution is -2.02. The first-order chi connectivity index (χ1) is 8.42. The van der Waals surface area contributed by atoms with Gasteiger partial charge in [0.1, 0.15) is 0 Å². The average Bonchev–Trinajstić information content (AvgIpc) is 2.39. The number of anilines is 1. The molecule has 0 heterocycles. The van der Waals surface area contributed by atoms with Gasteiger partial charge in [0.2, 0.25) is 0 Å². The Morgan fingerprint density at radius 3 is 2.71 bits per heavy atom. The molecule has 0 bridgehead atoms. The van der Waals surface area contributed by atoms with Crippen LogP contribution >= 0.6 is 11.8 Å². The molecular formula is C15H19NS. The third kappa shape index (κ3) is 3.40. The van der Waals surface area contributed by atoms with E-state index >= 15 is 0 Å². The molecule has 0 saturated heterocycles. The summed E-state index contributed by atoms with van der Waals surface area (Å²) in [6.07, 6.45) is 4.70. The quantitative estimate of drug-likeness (QED) is 0.757. The molecule has 0 radical (unpaired) electrons. The summed E-state index contributed by atoms with van der Waals surface area (Å²) >= 11 is 1.92. The molecule has 90 valence electrons. The Balaban J connectivity index is 1.98. The van der Waals surface area contributed by atoms with Gasteiger partial charge in [0.25, 0.3) is 0 Å². The number of fused-ring (bicyclic) bond motifs is 1. The van der Waals surface area contributed by atoms with Crippen molar-refractivity contribution in [1.82, 2.24) is 0 Å². The van der Waals surface area contributed by atoms with Gasteiger partial charge < -0.3 is 5.32 Å². The lowest BCUT2D eigenvalue weighted by molar-refractivity contribution is 0.844. The summed E-state index contributed by atoms with van der Waals surface area (Å²) in [5.74, 6) is 1.26. The minimum atomic E-state index is 1.06. The molecule has 0 atom stereocenters. The fraction of sp³-hybridized carbons (Fsp3) is 0.333. The van der Waals surface area contributed by atoms with E-state index in [0.717, 1.165) is 6.54 Å². The predicted octanol–water partition coefficient (Wildman–Crippen LogP) is 4.39. The smallest absolute Gasteiger partial charge is 0.0419 e. The van der Waals surface area contributed by atoms with Crippen molar-refractivity contribution in [2.45, 2.75) is 12.8 Å². The molecule has 0 saturated carbocycles. The van der Waals surface area contributed by atoms with Gasteiger partial charge in [0.05, 0.1) is 0 Å². The Hall–Kier alpha value is -1.15. The molecule has 0 aromatic heterocycles. The van der Waals surface area contributed by atoms with Gasteiger partial charge in [-0.3, -0.25) is 0 Å². The van der Waals surface area contributed by atoms with E-state index in [1.54, 1.807) is 0 Å². The fourth-order valence-corrected chi connectivity index (χ4v) is 2.47. The summed E-state index contributed by atoms with van der Waals surface area (Å²) in [5.41, 5.74) is 1.26. The van der Waals surface area contributed by atoms with Crippen LogP contribution < -0.4 is 5.32 Å². The Kier molecular flexibility index (Phi) is 4.75. The van der Waals surface area contributed by atoms with Crippen LogP contribution in [0.5, 0.6) is 0 Å². The first kappa shape index (κ1) is 12.3. The van der Waals surface area contributed by atoms with E-state index < -0.39 is 0 Å². The molecule has 1 N–H and O–H groups in total. The number of unbranched alkanes of at least 4 members (excludes halogenated alkanes) is 1. The molecule has 2 rings (SSSR count). The summed E-state index contributed by atoms with van der Waals surface area (Å²) in [4.78, 5) is 0. The number of nitrogens with one attached hydrogen (secondary N) is 1. The van der Waals surface area contributed by atoms with Crippen molar-refractivity contribution >= 4 is 28.2 Å². The second-order valence-corrected chi connectivity index (χ2v) is 5.14. The zero-order chi connectivity index (χ0) is 11.9. The number of hydrogen-bond acceptors (Lipinski definition) is 2. The maximum atomic E-state index is 3.54. The minimum Gasteiger partial charge on any atom is -0.385 e. The Morgan fingerprint density at radius 2 is 1.82 bits per heavy atom. The van der Waals surface area contributed by atoms with E-state index in [1.165, 1.54) is 35.1 Å². The molecule has 1 nitrogen and oxygen atoms in total. The first-order valence-corrected chi connectivity index (χ1v) is 7.52. The van der Waals surface area contributed by atoms with Crippen LogP contribution in [0.25, 0.3) is 10.8 Å². The van der Waals surface area contributed by atoms with Crippen molar-refractivity contribution in [3.05, 3.63) is 42.5 Å². The Morgan fingerprint density at radius 1 is 1.00 bits per heavy atom. The third-order valence-electron chi connectivity index (χ3n) is 2.88. The van der Waals surface area contributed by atoms with Crippen molar-refractivity contribution in [2.75, 3.05) is 23.9 Å². The van der Waals surface area contributed by atoms with Crippen LogP contribution in [-0.2, 0) is 0 Å². The summed E-state index contributed by atoms with van der Waals surface area (Å²) in [6.45, 7) is 1.06. The molecule has 0 aliphatic heterocycles. The fourth-order valence-electron chi connectivity index (χ4n) is 1.97. The van der Waals surface area contributed by atoms with E-state index in [1.807, 2.05) is 11.8 Å². The van der Waals surface area contributed by atoms with Gasteiger partial charge in [-0.05, 0) is 36.3 Å². The van der Waals surface area contributed by atoms with E-state index in [0.29, 0.717) is 0 Å². The van der Waals surface area contributed by atoms with E-state index in [-0.39, 0.29) is 0 Å². The number of rotatable bonds is 6. The number of hydrogen-bond donors (Lipinski definition) is 1. The van der Waals surface area contributed by atoms with Crippen molar-refractivity contribution in [1.29, 1.82) is 0 Å². The average molecular weight is 245 g/mol. The third-order valence-corrected chi connectivity index (χ3v) is 3.58. The maximum Gasteiger partial charge on any atom is 0.0419 e. The monoisotopic (exact) mass is 245 g/mol. The van der Waals surface area contributed by atoms with Crippen LogP contribution in [0.4, 0.5) is 5.69 Å². The summed E-state index contributed by atoms with van der Waals surface area (Å²) in [7, 11) is 0. The lowest BCUT2D eigenvalue weighted by atomic mass is 10.1. The normalized spacial score (nSPS) is 10.6. The first-order valence-electron chi connectivity index (χ1n) is 6.12. The maximum absolute atomic E-state index is 3.54. The van der Waals surface area contributed by atoms with Gasteiger partial charge in [-0.25, -0.2) is 0 Å². The van der Waals surface area contributed by atoms with Gasteiger partial charge in [-0.2, -0.15) is 11.8 Å². The van der Waals surface area contributed by atoms with E-state index in [4.69, 9.17) is 0 Å². The SMILES string of the molecule is CSCCCCNc1cccc2ccccc12. The van der Waals surface area contributed by atoms with Crippen LogP contribution in [0.2, 0.25) is 0 Å². The molecular weight excluding hydrogens is 226 g/mol. The van der Waals surface area contributed by atoms with Gasteiger partial charge in [-0.15, -0.1) is 0 Å². The van der Waals surface area contributed by atoms with E-state index in [9.17, 15) is 0 Å². The standard InChI is InChI=1S/C15H19NS/c1-17-12-5-4-11-16-15-10-6-8-13-7-2-3-9-14(13)15/h2-3,6-10,16H,4-5,11-12H2,1H3. The highest BCUT2D eigenvalue weighted by Gasteiger charge is 1.98. The molecule has 0 fully saturated rings. The zero-order valence-corrected chi connectivity index (χ0v) is 11.1. The predicted molar refractivity (Wildman–Crippen MR) is 80.1 cm³/mol. The van der Waals surface area contributed by atoms with Crippen LogP contribution in [0, 0.1) is 0 Å². The summed E-state index contributed by atoms with van der Waals surface area (Å²) in [6, 6.07) is 15.0. The molecule has 17 heavy (non-hydrogen) atoms. The van der Waals surface area contributed by atoms with Crippen molar-refractivity contribution in [3.63, 3.8) is 0 Å². The highest BCUT2D eigenvalue weighted by atomic mass is 32.2.